The number of anilines is 1. The molecule has 3 heterocycles. The lowest BCUT2D eigenvalue weighted by molar-refractivity contribution is -0.286. The maximum Gasteiger partial charge on any atom is 0.586 e. The van der Waals surface area contributed by atoms with Crippen molar-refractivity contribution in [1.29, 1.82) is 0 Å². The largest absolute Gasteiger partial charge is 0.586 e. The summed E-state index contributed by atoms with van der Waals surface area (Å²) in [6.45, 7) is 2.60. The average molecular weight is 269 g/mol. The van der Waals surface area contributed by atoms with Crippen LogP contribution in [0, 0.1) is 0 Å². The second-order valence-electron chi connectivity index (χ2n) is 5.26. The summed E-state index contributed by atoms with van der Waals surface area (Å²) in [5.74, 6) is 0.193. The Bertz CT molecular complexity index is 521. The second kappa shape index (κ2) is 3.50. The maximum atomic E-state index is 12.9. The van der Waals surface area contributed by atoms with Crippen LogP contribution in [0.2, 0.25) is 0 Å². The van der Waals surface area contributed by atoms with Crippen LogP contribution in [0.1, 0.15) is 12.8 Å². The number of hydrogen-bond acceptors (Lipinski definition) is 4. The van der Waals surface area contributed by atoms with E-state index in [1.165, 1.54) is 6.07 Å². The number of rotatable bonds is 1. The van der Waals surface area contributed by atoms with Gasteiger partial charge in [-0.3, -0.25) is 0 Å². The van der Waals surface area contributed by atoms with Crippen molar-refractivity contribution >= 4 is 5.69 Å². The minimum absolute atomic E-state index is 0.0905. The van der Waals surface area contributed by atoms with Crippen molar-refractivity contribution < 1.29 is 23.0 Å². The number of benzene rings is 1. The summed E-state index contributed by atoms with van der Waals surface area (Å²) in [5.41, 5.74) is 0.996. The van der Waals surface area contributed by atoms with Crippen molar-refractivity contribution in [3.05, 3.63) is 18.2 Å². The van der Waals surface area contributed by atoms with Gasteiger partial charge in [-0.15, -0.1) is 8.78 Å². The topological polar surface area (TPSA) is 34.2 Å². The predicted molar refractivity (Wildman–Crippen MR) is 62.8 cm³/mol. The zero-order chi connectivity index (χ0) is 13.1. The fraction of sp³-hybridized carbons (Fsp3) is 0.538. The lowest BCUT2D eigenvalue weighted by Gasteiger charge is -2.32. The SMILES string of the molecule is FC1(F)Oc2ccc(N3CCC4(CC3)CO4)cc2O1. The van der Waals surface area contributed by atoms with E-state index in [2.05, 4.69) is 14.4 Å². The van der Waals surface area contributed by atoms with Crippen LogP contribution in [-0.4, -0.2) is 31.6 Å². The van der Waals surface area contributed by atoms with Gasteiger partial charge in [0.1, 0.15) is 0 Å². The van der Waals surface area contributed by atoms with Gasteiger partial charge in [0.15, 0.2) is 11.5 Å². The summed E-state index contributed by atoms with van der Waals surface area (Å²) in [6, 6.07) is 4.93. The molecule has 1 aromatic carbocycles. The smallest absolute Gasteiger partial charge is 0.395 e. The molecule has 0 saturated carbocycles. The van der Waals surface area contributed by atoms with Gasteiger partial charge in [-0.05, 0) is 25.0 Å². The van der Waals surface area contributed by atoms with Crippen LogP contribution in [0.3, 0.4) is 0 Å². The molecule has 1 spiro atoms. The van der Waals surface area contributed by atoms with E-state index in [-0.39, 0.29) is 17.1 Å². The van der Waals surface area contributed by atoms with Crippen LogP contribution in [0.15, 0.2) is 18.2 Å². The van der Waals surface area contributed by atoms with Crippen LogP contribution in [0.25, 0.3) is 0 Å². The zero-order valence-electron chi connectivity index (χ0n) is 10.2. The molecular weight excluding hydrogens is 256 g/mol. The predicted octanol–water partition coefficient (Wildman–Crippen LogP) is 2.38. The van der Waals surface area contributed by atoms with Gasteiger partial charge in [0.25, 0.3) is 0 Å². The Morgan fingerprint density at radius 2 is 1.74 bits per heavy atom. The molecular formula is C13H13F2NO3. The van der Waals surface area contributed by atoms with Crippen LogP contribution < -0.4 is 14.4 Å². The molecule has 6 heteroatoms. The van der Waals surface area contributed by atoms with Gasteiger partial charge in [0, 0.05) is 24.8 Å². The number of epoxide rings is 1. The van der Waals surface area contributed by atoms with E-state index in [1.807, 2.05) is 0 Å². The minimum Gasteiger partial charge on any atom is -0.395 e. The van der Waals surface area contributed by atoms with Gasteiger partial charge >= 0.3 is 6.29 Å². The molecule has 4 nitrogen and oxygen atoms in total. The highest BCUT2D eigenvalue weighted by molar-refractivity contribution is 5.57. The lowest BCUT2D eigenvalue weighted by Crippen LogP contribution is -2.37. The Balaban J connectivity index is 1.54. The highest BCUT2D eigenvalue weighted by Gasteiger charge is 2.47. The highest BCUT2D eigenvalue weighted by Crippen LogP contribution is 2.44. The highest BCUT2D eigenvalue weighted by atomic mass is 19.3. The van der Waals surface area contributed by atoms with E-state index in [1.54, 1.807) is 12.1 Å². The van der Waals surface area contributed by atoms with Crippen molar-refractivity contribution in [3.8, 4) is 11.5 Å². The lowest BCUT2D eigenvalue weighted by atomic mass is 9.97. The molecule has 1 aromatic rings. The molecule has 0 bridgehead atoms. The van der Waals surface area contributed by atoms with Gasteiger partial charge in [-0.2, -0.15) is 0 Å². The summed E-state index contributed by atoms with van der Waals surface area (Å²) >= 11 is 0. The van der Waals surface area contributed by atoms with Crippen molar-refractivity contribution in [2.24, 2.45) is 0 Å². The van der Waals surface area contributed by atoms with Gasteiger partial charge in [-0.1, -0.05) is 0 Å². The second-order valence-corrected chi connectivity index (χ2v) is 5.26. The molecule has 4 rings (SSSR count). The van der Waals surface area contributed by atoms with Gasteiger partial charge in [0.05, 0.1) is 12.2 Å². The van der Waals surface area contributed by atoms with Crippen LogP contribution >= 0.6 is 0 Å². The molecule has 0 atom stereocenters. The summed E-state index contributed by atoms with van der Waals surface area (Å²) in [4.78, 5) is 2.16. The molecule has 0 aromatic heterocycles. The number of piperidine rings is 1. The quantitative estimate of drug-likeness (QED) is 0.733. The van der Waals surface area contributed by atoms with Gasteiger partial charge < -0.3 is 19.1 Å². The van der Waals surface area contributed by atoms with Gasteiger partial charge in [0.2, 0.25) is 0 Å². The Labute approximate surface area is 108 Å². The van der Waals surface area contributed by atoms with Crippen LogP contribution in [-0.2, 0) is 4.74 Å². The normalized spacial score (nSPS) is 25.7. The van der Waals surface area contributed by atoms with E-state index in [0.717, 1.165) is 38.2 Å². The fourth-order valence-electron chi connectivity index (χ4n) is 2.70. The first-order valence-electron chi connectivity index (χ1n) is 6.34. The number of hydrogen-bond donors (Lipinski definition) is 0. The Morgan fingerprint density at radius 3 is 2.42 bits per heavy atom. The molecule has 3 aliphatic heterocycles. The molecule has 2 saturated heterocycles. The number of halogens is 2. The van der Waals surface area contributed by atoms with E-state index < -0.39 is 6.29 Å². The first-order valence-corrected chi connectivity index (χ1v) is 6.34. The maximum absolute atomic E-state index is 12.9. The van der Waals surface area contributed by atoms with Crippen LogP contribution in [0.5, 0.6) is 11.5 Å². The molecule has 3 aliphatic rings. The zero-order valence-corrected chi connectivity index (χ0v) is 10.2. The standard InChI is InChI=1S/C13H13F2NO3/c14-13(15)18-10-2-1-9(7-11(10)19-13)16-5-3-12(4-6-16)8-17-12/h1-2,7H,3-6,8H2. The molecule has 0 radical (unpaired) electrons. The summed E-state index contributed by atoms with van der Waals surface area (Å²) in [7, 11) is 0. The van der Waals surface area contributed by atoms with E-state index in [4.69, 9.17) is 4.74 Å². The molecule has 2 fully saturated rings. The number of alkyl halides is 2. The van der Waals surface area contributed by atoms with E-state index >= 15 is 0 Å². The van der Waals surface area contributed by atoms with Crippen molar-refractivity contribution in [2.75, 3.05) is 24.6 Å². The van der Waals surface area contributed by atoms with Gasteiger partial charge in [-0.25, -0.2) is 0 Å². The Hall–Kier alpha value is -1.56. The summed E-state index contributed by atoms with van der Waals surface area (Å²) in [6.07, 6.45) is -1.58. The first-order chi connectivity index (χ1) is 9.05. The van der Waals surface area contributed by atoms with Crippen molar-refractivity contribution in [3.63, 3.8) is 0 Å². The third kappa shape index (κ3) is 1.90. The first kappa shape index (κ1) is 11.3. The number of nitrogens with zero attached hydrogens (tertiary/aromatic N) is 1. The molecule has 0 aliphatic carbocycles. The molecule has 0 amide bonds. The number of fused-ring (bicyclic) bond motifs is 1. The third-order valence-electron chi connectivity index (χ3n) is 3.98. The fourth-order valence-corrected chi connectivity index (χ4v) is 2.70. The van der Waals surface area contributed by atoms with Crippen molar-refractivity contribution in [2.45, 2.75) is 24.7 Å². The van der Waals surface area contributed by atoms with Crippen molar-refractivity contribution in [1.82, 2.24) is 0 Å². The van der Waals surface area contributed by atoms with E-state index in [0.29, 0.717) is 0 Å². The molecule has 19 heavy (non-hydrogen) atoms. The summed E-state index contributed by atoms with van der Waals surface area (Å²) < 4.78 is 40.2. The average Bonchev–Trinajstić information content (AvgIpc) is 3.03. The summed E-state index contributed by atoms with van der Waals surface area (Å²) in [5, 5.41) is 0. The van der Waals surface area contributed by atoms with Crippen LogP contribution in [0.4, 0.5) is 14.5 Å². The minimum atomic E-state index is -3.55. The monoisotopic (exact) mass is 269 g/mol. The molecule has 0 N–H and O–H groups in total. The number of ether oxygens (including phenoxy) is 3. The molecule has 102 valence electrons. The molecule has 0 unspecified atom stereocenters. The Kier molecular flexibility index (Phi) is 2.08. The Morgan fingerprint density at radius 1 is 1.05 bits per heavy atom. The van der Waals surface area contributed by atoms with E-state index in [9.17, 15) is 8.78 Å². The third-order valence-corrected chi connectivity index (χ3v) is 3.98.